The second-order valence-corrected chi connectivity index (χ2v) is 6.01. The van der Waals surface area contributed by atoms with Gasteiger partial charge in [0.15, 0.2) is 6.29 Å². The van der Waals surface area contributed by atoms with Gasteiger partial charge in [-0.15, -0.1) is 23.1 Å². The molecule has 0 bridgehead atoms. The van der Waals surface area contributed by atoms with Crippen molar-refractivity contribution in [1.29, 1.82) is 0 Å². The summed E-state index contributed by atoms with van der Waals surface area (Å²) in [5.41, 5.74) is 0.580. The van der Waals surface area contributed by atoms with Crippen molar-refractivity contribution in [2.75, 3.05) is 17.3 Å². The summed E-state index contributed by atoms with van der Waals surface area (Å²) in [5.74, 6) is 3.58. The number of carbonyl (C=O) groups is 1. The van der Waals surface area contributed by atoms with Gasteiger partial charge in [0, 0.05) is 22.6 Å². The number of rotatable bonds is 2. The van der Waals surface area contributed by atoms with Gasteiger partial charge >= 0.3 is 0 Å². The quantitative estimate of drug-likeness (QED) is 0.731. The molecule has 2 rings (SSSR count). The van der Waals surface area contributed by atoms with E-state index >= 15 is 0 Å². The molecule has 13 heavy (non-hydrogen) atoms. The number of nitrogens with zero attached hydrogens (tertiary/aromatic N) is 1. The van der Waals surface area contributed by atoms with Gasteiger partial charge in [-0.05, 0) is 0 Å². The minimum Gasteiger partial charge on any atom is -0.296 e. The third kappa shape index (κ3) is 2.27. The fourth-order valence-corrected chi connectivity index (χ4v) is 4.90. The van der Waals surface area contributed by atoms with E-state index in [2.05, 4.69) is 4.98 Å². The van der Waals surface area contributed by atoms with Gasteiger partial charge in [0.25, 0.3) is 0 Å². The van der Waals surface area contributed by atoms with Crippen molar-refractivity contribution in [3.63, 3.8) is 0 Å². The van der Waals surface area contributed by atoms with E-state index in [1.165, 1.54) is 11.5 Å². The Hall–Kier alpha value is -0.000000000000000167. The van der Waals surface area contributed by atoms with Crippen molar-refractivity contribution in [3.8, 4) is 0 Å². The standard InChI is InChI=1S/C8H9NOS3/c10-3-6-4-13-8(9-6)7-5-11-1-2-12-7/h3-4,7H,1-2,5H2. The Balaban J connectivity index is 2.09. The van der Waals surface area contributed by atoms with Crippen molar-refractivity contribution in [2.24, 2.45) is 0 Å². The Morgan fingerprint density at radius 2 is 2.46 bits per heavy atom. The maximum atomic E-state index is 10.4. The summed E-state index contributed by atoms with van der Waals surface area (Å²) in [6, 6.07) is 0. The molecular weight excluding hydrogens is 222 g/mol. The first kappa shape index (κ1) is 9.55. The minimum absolute atomic E-state index is 0.512. The van der Waals surface area contributed by atoms with E-state index in [1.54, 1.807) is 11.3 Å². The molecule has 2 heterocycles. The molecule has 1 aliphatic heterocycles. The summed E-state index contributed by atoms with van der Waals surface area (Å²) >= 11 is 5.53. The molecule has 0 amide bonds. The van der Waals surface area contributed by atoms with Gasteiger partial charge in [-0.3, -0.25) is 4.79 Å². The predicted octanol–water partition coefficient (Wildman–Crippen LogP) is 2.48. The Bertz CT molecular complexity index is 293. The first-order chi connectivity index (χ1) is 6.40. The highest BCUT2D eigenvalue weighted by atomic mass is 32.2. The van der Waals surface area contributed by atoms with Gasteiger partial charge < -0.3 is 0 Å². The summed E-state index contributed by atoms with van der Waals surface area (Å²) in [5, 5.41) is 3.46. The van der Waals surface area contributed by atoms with Crippen LogP contribution in [0.15, 0.2) is 5.38 Å². The first-order valence-corrected chi connectivity index (χ1v) is 7.08. The number of hydrogen-bond donors (Lipinski definition) is 0. The van der Waals surface area contributed by atoms with Crippen molar-refractivity contribution in [3.05, 3.63) is 16.1 Å². The molecule has 1 saturated heterocycles. The van der Waals surface area contributed by atoms with Gasteiger partial charge in [-0.2, -0.15) is 11.8 Å². The van der Waals surface area contributed by atoms with Gasteiger partial charge in [-0.25, -0.2) is 4.98 Å². The molecule has 1 aromatic heterocycles. The molecule has 2 nitrogen and oxygen atoms in total. The molecule has 0 N–H and O–H groups in total. The molecule has 70 valence electrons. The lowest BCUT2D eigenvalue weighted by molar-refractivity contribution is 0.111. The molecule has 1 atom stereocenters. The maximum absolute atomic E-state index is 10.4. The maximum Gasteiger partial charge on any atom is 0.169 e. The van der Waals surface area contributed by atoms with Crippen molar-refractivity contribution >= 4 is 41.1 Å². The van der Waals surface area contributed by atoms with Crippen LogP contribution in [0.3, 0.4) is 0 Å². The van der Waals surface area contributed by atoms with Crippen LogP contribution in [0.25, 0.3) is 0 Å². The van der Waals surface area contributed by atoms with Crippen LogP contribution >= 0.6 is 34.9 Å². The highest BCUT2D eigenvalue weighted by molar-refractivity contribution is 8.06. The minimum atomic E-state index is 0.512. The summed E-state index contributed by atoms with van der Waals surface area (Å²) in [4.78, 5) is 14.7. The van der Waals surface area contributed by atoms with Crippen LogP contribution in [0, 0.1) is 0 Å². The number of aromatic nitrogens is 1. The van der Waals surface area contributed by atoms with E-state index in [9.17, 15) is 4.79 Å². The Morgan fingerprint density at radius 3 is 3.08 bits per heavy atom. The molecule has 0 spiro atoms. The highest BCUT2D eigenvalue weighted by Crippen LogP contribution is 2.37. The molecule has 0 radical (unpaired) electrons. The second kappa shape index (κ2) is 4.48. The van der Waals surface area contributed by atoms with E-state index in [4.69, 9.17) is 0 Å². The van der Waals surface area contributed by atoms with Gasteiger partial charge in [-0.1, -0.05) is 0 Å². The zero-order valence-corrected chi connectivity index (χ0v) is 9.38. The first-order valence-electron chi connectivity index (χ1n) is 4.00. The van der Waals surface area contributed by atoms with Crippen LogP contribution in [0.4, 0.5) is 0 Å². The molecule has 0 saturated carbocycles. The molecule has 1 aromatic rings. The molecule has 5 heteroatoms. The fraction of sp³-hybridized carbons (Fsp3) is 0.500. The van der Waals surface area contributed by atoms with E-state index in [0.717, 1.165) is 17.0 Å². The van der Waals surface area contributed by atoms with Gasteiger partial charge in [0.1, 0.15) is 10.7 Å². The van der Waals surface area contributed by atoms with Gasteiger partial charge in [0.2, 0.25) is 0 Å². The topological polar surface area (TPSA) is 30.0 Å². The van der Waals surface area contributed by atoms with Crippen LogP contribution in [-0.2, 0) is 0 Å². The molecule has 0 aliphatic carbocycles. The van der Waals surface area contributed by atoms with Crippen LogP contribution in [0.2, 0.25) is 0 Å². The number of hydrogen-bond acceptors (Lipinski definition) is 5. The van der Waals surface area contributed by atoms with E-state index in [0.29, 0.717) is 10.9 Å². The lowest BCUT2D eigenvalue weighted by Gasteiger charge is -2.18. The summed E-state index contributed by atoms with van der Waals surface area (Å²) < 4.78 is 0. The zero-order chi connectivity index (χ0) is 9.10. The molecule has 1 aliphatic rings. The Morgan fingerprint density at radius 1 is 1.54 bits per heavy atom. The normalized spacial score (nSPS) is 22.9. The lowest BCUT2D eigenvalue weighted by atomic mass is 10.5. The number of aldehydes is 1. The molecule has 0 aromatic carbocycles. The molecule has 1 fully saturated rings. The predicted molar refractivity (Wildman–Crippen MR) is 60.0 cm³/mol. The lowest BCUT2D eigenvalue weighted by Crippen LogP contribution is -2.06. The third-order valence-electron chi connectivity index (χ3n) is 1.75. The summed E-state index contributed by atoms with van der Waals surface area (Å²) in [6.07, 6.45) is 0.820. The van der Waals surface area contributed by atoms with E-state index in [-0.39, 0.29) is 0 Å². The van der Waals surface area contributed by atoms with Crippen LogP contribution in [-0.4, -0.2) is 28.5 Å². The van der Waals surface area contributed by atoms with Crippen LogP contribution < -0.4 is 0 Å². The van der Waals surface area contributed by atoms with E-state index < -0.39 is 0 Å². The molecule has 1 unspecified atom stereocenters. The van der Waals surface area contributed by atoms with E-state index in [1.807, 2.05) is 28.9 Å². The Kier molecular flexibility index (Phi) is 3.29. The Labute approximate surface area is 89.5 Å². The summed E-state index contributed by atoms with van der Waals surface area (Å²) in [6.45, 7) is 0. The van der Waals surface area contributed by atoms with Crippen molar-refractivity contribution in [1.82, 2.24) is 4.98 Å². The highest BCUT2D eigenvalue weighted by Gasteiger charge is 2.19. The SMILES string of the molecule is O=Cc1csc(C2CSCCS2)n1. The molecular formula is C8H9NOS3. The zero-order valence-electron chi connectivity index (χ0n) is 6.93. The number of thiazole rings is 1. The third-order valence-corrected chi connectivity index (χ3v) is 5.64. The largest absolute Gasteiger partial charge is 0.296 e. The average Bonchev–Trinajstić information content (AvgIpc) is 2.67. The fourth-order valence-electron chi connectivity index (χ4n) is 1.13. The number of thioether (sulfide) groups is 2. The monoisotopic (exact) mass is 231 g/mol. The van der Waals surface area contributed by atoms with Crippen LogP contribution in [0.5, 0.6) is 0 Å². The second-order valence-electron chi connectivity index (χ2n) is 2.66. The smallest absolute Gasteiger partial charge is 0.169 e. The summed E-state index contributed by atoms with van der Waals surface area (Å²) in [7, 11) is 0. The van der Waals surface area contributed by atoms with Gasteiger partial charge in [0.05, 0.1) is 5.25 Å². The van der Waals surface area contributed by atoms with Crippen LogP contribution in [0.1, 0.15) is 20.7 Å². The van der Waals surface area contributed by atoms with Crippen molar-refractivity contribution in [2.45, 2.75) is 5.25 Å². The number of carbonyl (C=O) groups excluding carboxylic acids is 1. The van der Waals surface area contributed by atoms with Crippen molar-refractivity contribution < 1.29 is 4.79 Å². The average molecular weight is 231 g/mol.